The summed E-state index contributed by atoms with van der Waals surface area (Å²) in [5, 5.41) is 0. The highest BCUT2D eigenvalue weighted by molar-refractivity contribution is 9.10. The van der Waals surface area contributed by atoms with Gasteiger partial charge in [0.25, 0.3) is 0 Å². The van der Waals surface area contributed by atoms with Crippen LogP contribution in [0, 0.1) is 11.7 Å². The minimum atomic E-state index is -0.144. The van der Waals surface area contributed by atoms with E-state index in [2.05, 4.69) is 39.0 Å². The van der Waals surface area contributed by atoms with Crippen molar-refractivity contribution in [1.29, 1.82) is 0 Å². The largest absolute Gasteiger partial charge is 0.494 e. The third-order valence-electron chi connectivity index (χ3n) is 5.15. The van der Waals surface area contributed by atoms with Crippen LogP contribution in [0.4, 0.5) is 4.39 Å². The highest BCUT2D eigenvalue weighted by Gasteiger charge is 2.20. The van der Waals surface area contributed by atoms with E-state index in [1.165, 1.54) is 24.5 Å². The molecule has 0 aromatic heterocycles. The first-order valence-electron chi connectivity index (χ1n) is 9.52. The third kappa shape index (κ3) is 5.55. The zero-order chi connectivity index (χ0) is 18.4. The second kappa shape index (κ2) is 9.52. The summed E-state index contributed by atoms with van der Waals surface area (Å²) in [6, 6.07) is 13.4. The number of ether oxygens (including phenoxy) is 1. The Balaban J connectivity index is 1.45. The Morgan fingerprint density at radius 2 is 1.96 bits per heavy atom. The van der Waals surface area contributed by atoms with E-state index in [4.69, 9.17) is 4.74 Å². The number of rotatable bonds is 7. The first-order valence-corrected chi connectivity index (χ1v) is 10.3. The lowest BCUT2D eigenvalue weighted by atomic mass is 9.90. The molecular weight excluding hydrogens is 393 g/mol. The van der Waals surface area contributed by atoms with Gasteiger partial charge in [-0.2, -0.15) is 0 Å². The monoisotopic (exact) mass is 419 g/mol. The molecule has 0 unspecified atom stereocenters. The summed E-state index contributed by atoms with van der Waals surface area (Å²) >= 11 is 3.55. The molecule has 26 heavy (non-hydrogen) atoms. The number of benzene rings is 2. The van der Waals surface area contributed by atoms with Gasteiger partial charge in [0.2, 0.25) is 0 Å². The number of likely N-dealkylation sites (tertiary alicyclic amines) is 1. The Bertz CT molecular complexity index is 713. The molecule has 1 aliphatic heterocycles. The van der Waals surface area contributed by atoms with Crippen LogP contribution in [0.1, 0.15) is 30.9 Å². The molecule has 0 bridgehead atoms. The molecule has 2 nitrogen and oxygen atoms in total. The maximum atomic E-state index is 13.5. The molecule has 1 aliphatic rings. The first-order chi connectivity index (χ1) is 12.6. The third-order valence-corrected chi connectivity index (χ3v) is 5.92. The molecule has 2 aromatic rings. The number of halogens is 2. The molecular formula is C22H27BrFNO. The molecule has 0 N–H and O–H groups in total. The molecule has 0 amide bonds. The van der Waals surface area contributed by atoms with Gasteiger partial charge in [-0.15, -0.1) is 0 Å². The summed E-state index contributed by atoms with van der Waals surface area (Å²) in [5.41, 5.74) is 2.43. The first kappa shape index (κ1) is 19.4. The molecule has 140 valence electrons. The van der Waals surface area contributed by atoms with Crippen molar-refractivity contribution in [3.63, 3.8) is 0 Å². The Labute approximate surface area is 164 Å². The lowest BCUT2D eigenvalue weighted by Gasteiger charge is -2.32. The summed E-state index contributed by atoms with van der Waals surface area (Å²) in [6.07, 6.45) is 4.38. The van der Waals surface area contributed by atoms with Crippen LogP contribution in [-0.4, -0.2) is 31.1 Å². The topological polar surface area (TPSA) is 12.5 Å². The van der Waals surface area contributed by atoms with E-state index in [0.717, 1.165) is 48.3 Å². The zero-order valence-electron chi connectivity index (χ0n) is 15.4. The summed E-state index contributed by atoms with van der Waals surface area (Å²) in [5.74, 6) is 1.46. The molecule has 4 heteroatoms. The van der Waals surface area contributed by atoms with Crippen molar-refractivity contribution in [3.8, 4) is 5.75 Å². The van der Waals surface area contributed by atoms with Crippen LogP contribution >= 0.6 is 15.9 Å². The van der Waals surface area contributed by atoms with E-state index in [1.54, 1.807) is 6.07 Å². The van der Waals surface area contributed by atoms with Crippen LogP contribution in [0.15, 0.2) is 46.9 Å². The van der Waals surface area contributed by atoms with Gasteiger partial charge in [0.15, 0.2) is 0 Å². The SMILES string of the molecule is CCOc1cccc(CCN2CCC(Cc3cc(F)ccc3Br)CC2)c1. The number of hydrogen-bond acceptors (Lipinski definition) is 2. The van der Waals surface area contributed by atoms with Crippen LogP contribution in [0.5, 0.6) is 5.75 Å². The van der Waals surface area contributed by atoms with Crippen molar-refractivity contribution in [1.82, 2.24) is 4.90 Å². The van der Waals surface area contributed by atoms with E-state index >= 15 is 0 Å². The maximum Gasteiger partial charge on any atom is 0.123 e. The van der Waals surface area contributed by atoms with Crippen molar-refractivity contribution in [2.24, 2.45) is 5.92 Å². The summed E-state index contributed by atoms with van der Waals surface area (Å²) in [4.78, 5) is 2.55. The van der Waals surface area contributed by atoms with E-state index in [9.17, 15) is 4.39 Å². The fraction of sp³-hybridized carbons (Fsp3) is 0.455. The average molecular weight is 420 g/mol. The molecule has 1 saturated heterocycles. The number of piperidine rings is 1. The zero-order valence-corrected chi connectivity index (χ0v) is 17.0. The Morgan fingerprint density at radius 3 is 2.73 bits per heavy atom. The van der Waals surface area contributed by atoms with Gasteiger partial charge in [0.1, 0.15) is 11.6 Å². The van der Waals surface area contributed by atoms with E-state index in [1.807, 2.05) is 19.1 Å². The minimum absolute atomic E-state index is 0.144. The molecule has 0 aliphatic carbocycles. The lowest BCUT2D eigenvalue weighted by Crippen LogP contribution is -2.35. The van der Waals surface area contributed by atoms with Gasteiger partial charge in [-0.1, -0.05) is 28.1 Å². The highest BCUT2D eigenvalue weighted by Crippen LogP contribution is 2.26. The van der Waals surface area contributed by atoms with Crippen molar-refractivity contribution >= 4 is 15.9 Å². The van der Waals surface area contributed by atoms with E-state index < -0.39 is 0 Å². The van der Waals surface area contributed by atoms with E-state index in [-0.39, 0.29) is 5.82 Å². The molecule has 2 aromatic carbocycles. The Morgan fingerprint density at radius 1 is 1.15 bits per heavy atom. The number of nitrogens with zero attached hydrogens (tertiary/aromatic N) is 1. The van der Waals surface area contributed by atoms with Crippen molar-refractivity contribution in [2.75, 3.05) is 26.2 Å². The summed E-state index contributed by atoms with van der Waals surface area (Å²) in [7, 11) is 0. The van der Waals surface area contributed by atoms with Gasteiger partial charge in [0.05, 0.1) is 6.61 Å². The molecule has 3 rings (SSSR count). The van der Waals surface area contributed by atoms with Crippen LogP contribution in [0.3, 0.4) is 0 Å². The Hall–Kier alpha value is -1.39. The predicted octanol–water partition coefficient (Wildman–Crippen LogP) is 5.48. The minimum Gasteiger partial charge on any atom is -0.494 e. The van der Waals surface area contributed by atoms with Crippen LogP contribution in [-0.2, 0) is 12.8 Å². The fourth-order valence-corrected chi connectivity index (χ4v) is 4.08. The van der Waals surface area contributed by atoms with Gasteiger partial charge < -0.3 is 9.64 Å². The molecule has 1 heterocycles. The maximum absolute atomic E-state index is 13.5. The fourth-order valence-electron chi connectivity index (χ4n) is 3.67. The molecule has 0 radical (unpaired) electrons. The number of hydrogen-bond donors (Lipinski definition) is 0. The normalized spacial score (nSPS) is 16.0. The lowest BCUT2D eigenvalue weighted by molar-refractivity contribution is 0.185. The van der Waals surface area contributed by atoms with Gasteiger partial charge in [-0.3, -0.25) is 0 Å². The van der Waals surface area contributed by atoms with Gasteiger partial charge >= 0.3 is 0 Å². The smallest absolute Gasteiger partial charge is 0.123 e. The Kier molecular flexibility index (Phi) is 7.09. The molecule has 1 fully saturated rings. The van der Waals surface area contributed by atoms with Gasteiger partial charge in [-0.05, 0) is 93.1 Å². The van der Waals surface area contributed by atoms with Crippen LogP contribution in [0.2, 0.25) is 0 Å². The van der Waals surface area contributed by atoms with E-state index in [0.29, 0.717) is 12.5 Å². The van der Waals surface area contributed by atoms with Crippen LogP contribution < -0.4 is 4.74 Å². The van der Waals surface area contributed by atoms with Crippen LogP contribution in [0.25, 0.3) is 0 Å². The summed E-state index contributed by atoms with van der Waals surface area (Å²) in [6.45, 7) is 6.06. The van der Waals surface area contributed by atoms with Gasteiger partial charge in [-0.25, -0.2) is 4.39 Å². The molecule has 0 spiro atoms. The van der Waals surface area contributed by atoms with Crippen molar-refractivity contribution in [3.05, 3.63) is 63.9 Å². The average Bonchev–Trinajstić information content (AvgIpc) is 2.65. The molecule has 0 saturated carbocycles. The standard InChI is InChI=1S/C22H27BrFNO/c1-2-26-21-5-3-4-17(15-21)8-11-25-12-9-18(10-13-25)14-19-16-20(24)6-7-22(19)23/h3-7,15-16,18H,2,8-14H2,1H3. The van der Waals surface area contributed by atoms with Gasteiger partial charge in [0, 0.05) is 11.0 Å². The quantitative estimate of drug-likeness (QED) is 0.588. The second-order valence-corrected chi connectivity index (χ2v) is 7.91. The predicted molar refractivity (Wildman–Crippen MR) is 108 cm³/mol. The second-order valence-electron chi connectivity index (χ2n) is 7.06. The highest BCUT2D eigenvalue weighted by atomic mass is 79.9. The van der Waals surface area contributed by atoms with Crippen molar-refractivity contribution < 1.29 is 9.13 Å². The van der Waals surface area contributed by atoms with Crippen molar-refractivity contribution in [2.45, 2.75) is 32.6 Å². The summed E-state index contributed by atoms with van der Waals surface area (Å²) < 4.78 is 20.1. The molecule has 0 atom stereocenters.